The Morgan fingerprint density at radius 3 is 2.45 bits per heavy atom. The van der Waals surface area contributed by atoms with E-state index < -0.39 is 0 Å². The maximum Gasteiger partial charge on any atom is 0.217 e. The summed E-state index contributed by atoms with van der Waals surface area (Å²) in [6.45, 7) is 2.67. The number of carbonyl (C=O) groups is 2. The summed E-state index contributed by atoms with van der Waals surface area (Å²) in [4.78, 5) is 24.4. The van der Waals surface area contributed by atoms with Crippen LogP contribution >= 0.6 is 31.9 Å². The van der Waals surface area contributed by atoms with Crippen LogP contribution in [-0.4, -0.2) is 18.3 Å². The Morgan fingerprint density at radius 2 is 1.77 bits per heavy atom. The molecule has 0 aliphatic rings. The Labute approximate surface area is 198 Å². The molecule has 164 valence electrons. The second-order valence-corrected chi connectivity index (χ2v) is 9.25. The van der Waals surface area contributed by atoms with Crippen molar-refractivity contribution in [2.75, 3.05) is 6.61 Å². The Morgan fingerprint density at radius 1 is 1.03 bits per heavy atom. The number of fused-ring (bicyclic) bond motifs is 1. The monoisotopic (exact) mass is 549 g/mol. The van der Waals surface area contributed by atoms with Crippen molar-refractivity contribution in [3.05, 3.63) is 62.2 Å². The molecule has 0 atom stereocenters. The molecular formula is C24H25Br2NO4. The number of benzene rings is 2. The number of unbranched alkanes of at least 4 members (excludes halogenated alkanes) is 2. The van der Waals surface area contributed by atoms with Crippen molar-refractivity contribution >= 4 is 54.5 Å². The van der Waals surface area contributed by atoms with Gasteiger partial charge in [0.05, 0.1) is 12.2 Å². The predicted octanol–water partition coefficient (Wildman–Crippen LogP) is 6.57. The van der Waals surface area contributed by atoms with E-state index in [2.05, 4.69) is 38.8 Å². The van der Waals surface area contributed by atoms with Crippen LogP contribution in [0, 0.1) is 0 Å². The van der Waals surface area contributed by atoms with Gasteiger partial charge < -0.3 is 14.9 Å². The summed E-state index contributed by atoms with van der Waals surface area (Å²) in [5.74, 6) is 0.998. The number of amides is 1. The molecule has 0 radical (unpaired) electrons. The molecule has 0 bridgehead atoms. The number of aryl methyl sites for hydroxylation is 1. The molecule has 0 fully saturated rings. The van der Waals surface area contributed by atoms with Gasteiger partial charge in [-0.05, 0) is 49.6 Å². The highest BCUT2D eigenvalue weighted by Gasteiger charge is 2.23. The van der Waals surface area contributed by atoms with Crippen molar-refractivity contribution in [2.45, 2.75) is 45.4 Å². The Balaban J connectivity index is 1.94. The molecule has 0 saturated heterocycles. The molecule has 2 aromatic carbocycles. The number of nitrogens with two attached hydrogens (primary N) is 1. The minimum Gasteiger partial charge on any atom is -0.493 e. The number of hydrogen-bond acceptors (Lipinski definition) is 4. The van der Waals surface area contributed by atoms with Crippen LogP contribution in [0.25, 0.3) is 11.0 Å². The minimum atomic E-state index is -0.292. The molecule has 0 saturated carbocycles. The molecule has 0 aliphatic carbocycles. The van der Waals surface area contributed by atoms with E-state index in [1.165, 1.54) is 0 Å². The van der Waals surface area contributed by atoms with Gasteiger partial charge in [0.15, 0.2) is 5.78 Å². The summed E-state index contributed by atoms with van der Waals surface area (Å²) in [5, 5.41) is 0.775. The summed E-state index contributed by atoms with van der Waals surface area (Å²) >= 11 is 6.91. The van der Waals surface area contributed by atoms with Crippen LogP contribution in [0.15, 0.2) is 49.8 Å². The third-order valence-corrected chi connectivity index (χ3v) is 5.80. The fourth-order valence-corrected chi connectivity index (χ4v) is 4.75. The van der Waals surface area contributed by atoms with E-state index in [9.17, 15) is 9.59 Å². The Kier molecular flexibility index (Phi) is 8.32. The highest BCUT2D eigenvalue weighted by molar-refractivity contribution is 9.11. The number of ketones is 1. The molecule has 1 amide bonds. The van der Waals surface area contributed by atoms with Crippen LogP contribution in [-0.2, 0) is 11.2 Å². The van der Waals surface area contributed by atoms with Crippen molar-refractivity contribution in [3.63, 3.8) is 0 Å². The van der Waals surface area contributed by atoms with E-state index in [4.69, 9.17) is 14.9 Å². The van der Waals surface area contributed by atoms with E-state index in [1.807, 2.05) is 24.3 Å². The molecule has 3 rings (SSSR count). The largest absolute Gasteiger partial charge is 0.493 e. The number of hydrogen-bond donors (Lipinski definition) is 1. The maximum absolute atomic E-state index is 13.5. The fourth-order valence-electron chi connectivity index (χ4n) is 3.45. The lowest BCUT2D eigenvalue weighted by molar-refractivity contribution is -0.118. The van der Waals surface area contributed by atoms with E-state index in [0.717, 1.165) is 45.8 Å². The topological polar surface area (TPSA) is 82.5 Å². The average molecular weight is 551 g/mol. The molecule has 0 spiro atoms. The zero-order chi connectivity index (χ0) is 22.4. The summed E-state index contributed by atoms with van der Waals surface area (Å²) in [6.07, 6.45) is 4.25. The lowest BCUT2D eigenvalue weighted by Gasteiger charge is -2.06. The van der Waals surface area contributed by atoms with E-state index in [0.29, 0.717) is 41.9 Å². The normalized spacial score (nSPS) is 11.1. The first kappa shape index (κ1) is 23.5. The van der Waals surface area contributed by atoms with Gasteiger partial charge in [-0.3, -0.25) is 9.59 Å². The summed E-state index contributed by atoms with van der Waals surface area (Å²) in [6, 6.07) is 11.1. The molecule has 5 nitrogen and oxygen atoms in total. The SMILES string of the molecule is CCCOc1ccc2c(C(=O)c3cc(Br)cc(Br)c3)c(CCCCCC(N)=O)oc2c1. The lowest BCUT2D eigenvalue weighted by Crippen LogP contribution is -2.09. The Hall–Kier alpha value is -2.12. The highest BCUT2D eigenvalue weighted by Crippen LogP contribution is 2.33. The predicted molar refractivity (Wildman–Crippen MR) is 129 cm³/mol. The van der Waals surface area contributed by atoms with Gasteiger partial charge in [0, 0.05) is 38.8 Å². The zero-order valence-electron chi connectivity index (χ0n) is 17.4. The van der Waals surface area contributed by atoms with Gasteiger partial charge in [-0.25, -0.2) is 0 Å². The third kappa shape index (κ3) is 6.20. The van der Waals surface area contributed by atoms with Crippen LogP contribution in [0.4, 0.5) is 0 Å². The quantitative estimate of drug-likeness (QED) is 0.216. The van der Waals surface area contributed by atoms with Gasteiger partial charge in [-0.1, -0.05) is 45.2 Å². The highest BCUT2D eigenvalue weighted by atomic mass is 79.9. The first-order valence-electron chi connectivity index (χ1n) is 10.4. The van der Waals surface area contributed by atoms with Gasteiger partial charge in [-0.15, -0.1) is 0 Å². The van der Waals surface area contributed by atoms with Crippen molar-refractivity contribution in [1.82, 2.24) is 0 Å². The average Bonchev–Trinajstić information content (AvgIpc) is 3.07. The summed E-state index contributed by atoms with van der Waals surface area (Å²) in [7, 11) is 0. The second kappa shape index (κ2) is 11.0. The molecule has 0 unspecified atom stereocenters. The molecule has 7 heteroatoms. The van der Waals surface area contributed by atoms with Crippen molar-refractivity contribution < 1.29 is 18.7 Å². The van der Waals surface area contributed by atoms with Crippen LogP contribution in [0.1, 0.15) is 60.7 Å². The summed E-state index contributed by atoms with van der Waals surface area (Å²) < 4.78 is 13.5. The zero-order valence-corrected chi connectivity index (χ0v) is 20.6. The summed E-state index contributed by atoms with van der Waals surface area (Å²) in [5.41, 5.74) is 7.01. The molecule has 31 heavy (non-hydrogen) atoms. The van der Waals surface area contributed by atoms with Gasteiger partial charge in [0.1, 0.15) is 17.1 Å². The second-order valence-electron chi connectivity index (χ2n) is 7.42. The number of furan rings is 1. The van der Waals surface area contributed by atoms with E-state index >= 15 is 0 Å². The van der Waals surface area contributed by atoms with Crippen LogP contribution in [0.3, 0.4) is 0 Å². The van der Waals surface area contributed by atoms with Gasteiger partial charge in [-0.2, -0.15) is 0 Å². The third-order valence-electron chi connectivity index (χ3n) is 4.89. The van der Waals surface area contributed by atoms with Gasteiger partial charge in [0.2, 0.25) is 5.91 Å². The van der Waals surface area contributed by atoms with Crippen LogP contribution in [0.2, 0.25) is 0 Å². The van der Waals surface area contributed by atoms with Gasteiger partial charge in [0.25, 0.3) is 0 Å². The van der Waals surface area contributed by atoms with Crippen molar-refractivity contribution in [2.24, 2.45) is 5.73 Å². The Bertz CT molecular complexity index is 1070. The van der Waals surface area contributed by atoms with Crippen LogP contribution < -0.4 is 10.5 Å². The van der Waals surface area contributed by atoms with Gasteiger partial charge >= 0.3 is 0 Å². The number of primary amides is 1. The number of carbonyl (C=O) groups excluding carboxylic acids is 2. The smallest absolute Gasteiger partial charge is 0.217 e. The van der Waals surface area contributed by atoms with Crippen molar-refractivity contribution in [1.29, 1.82) is 0 Å². The number of ether oxygens (including phenoxy) is 1. The first-order valence-corrected chi connectivity index (χ1v) is 11.9. The fraction of sp³-hybridized carbons (Fsp3) is 0.333. The first-order chi connectivity index (χ1) is 14.9. The standard InChI is InChI=1S/C24H25Br2NO4/c1-2-10-30-18-8-9-19-21(14-18)31-20(6-4-3-5-7-22(27)28)23(19)24(29)15-11-16(25)13-17(26)12-15/h8-9,11-14H,2-7,10H2,1H3,(H2,27,28). The molecule has 1 heterocycles. The minimum absolute atomic E-state index is 0.0879. The maximum atomic E-state index is 13.5. The number of rotatable bonds is 11. The molecule has 0 aliphatic heterocycles. The molecule has 3 aromatic rings. The van der Waals surface area contributed by atoms with E-state index in [1.54, 1.807) is 12.1 Å². The molecular weight excluding hydrogens is 526 g/mol. The van der Waals surface area contributed by atoms with Crippen LogP contribution in [0.5, 0.6) is 5.75 Å². The molecule has 1 aromatic heterocycles. The lowest BCUT2D eigenvalue weighted by atomic mass is 9.98. The molecule has 2 N–H and O–H groups in total. The van der Waals surface area contributed by atoms with E-state index in [-0.39, 0.29) is 11.7 Å². The number of halogens is 2. The van der Waals surface area contributed by atoms with Crippen molar-refractivity contribution in [3.8, 4) is 5.75 Å².